The van der Waals surface area contributed by atoms with Gasteiger partial charge in [0.25, 0.3) is 0 Å². The summed E-state index contributed by atoms with van der Waals surface area (Å²) in [4.78, 5) is 0. The van der Waals surface area contributed by atoms with Gasteiger partial charge in [0.2, 0.25) is 0 Å². The lowest BCUT2D eigenvalue weighted by molar-refractivity contribution is 0.339. The Morgan fingerprint density at radius 1 is 1.37 bits per heavy atom. The lowest BCUT2D eigenvalue weighted by Gasteiger charge is -2.19. The van der Waals surface area contributed by atoms with Crippen molar-refractivity contribution in [3.8, 4) is 5.75 Å². The molecule has 0 spiro atoms. The van der Waals surface area contributed by atoms with Crippen LogP contribution in [0.5, 0.6) is 5.75 Å². The average Bonchev–Trinajstić information content (AvgIpc) is 2.81. The van der Waals surface area contributed by atoms with Gasteiger partial charge in [-0.15, -0.1) is 0 Å². The third-order valence-electron chi connectivity index (χ3n) is 3.78. The summed E-state index contributed by atoms with van der Waals surface area (Å²) in [5, 5.41) is 4.33. The van der Waals surface area contributed by atoms with Crippen LogP contribution in [0.25, 0.3) is 0 Å². The minimum atomic E-state index is 0.537. The Morgan fingerprint density at radius 2 is 2.16 bits per heavy atom. The van der Waals surface area contributed by atoms with Gasteiger partial charge >= 0.3 is 0 Å². The molecule has 1 fully saturated rings. The molecule has 1 aliphatic rings. The summed E-state index contributed by atoms with van der Waals surface area (Å²) in [6, 6.07) is 4.37. The van der Waals surface area contributed by atoms with E-state index in [9.17, 15) is 0 Å². The number of halogens is 2. The Bertz CT molecular complexity index is 438. The van der Waals surface area contributed by atoms with Gasteiger partial charge in [-0.2, -0.15) is 0 Å². The van der Waals surface area contributed by atoms with Crippen molar-refractivity contribution in [2.45, 2.75) is 45.6 Å². The van der Waals surface area contributed by atoms with E-state index in [2.05, 4.69) is 28.2 Å². The second-order valence-electron chi connectivity index (χ2n) is 5.13. The van der Waals surface area contributed by atoms with Crippen molar-refractivity contribution in [3.05, 3.63) is 21.6 Å². The van der Waals surface area contributed by atoms with E-state index >= 15 is 0 Å². The van der Waals surface area contributed by atoms with Crippen molar-refractivity contribution in [1.29, 1.82) is 0 Å². The molecule has 0 saturated heterocycles. The molecule has 1 saturated carbocycles. The molecule has 0 heterocycles. The van der Waals surface area contributed by atoms with Crippen LogP contribution in [0.2, 0.25) is 5.02 Å². The van der Waals surface area contributed by atoms with Gasteiger partial charge in [-0.3, -0.25) is 0 Å². The molecule has 106 valence electrons. The van der Waals surface area contributed by atoms with Crippen LogP contribution in [0.1, 0.15) is 39.5 Å². The van der Waals surface area contributed by atoms with E-state index in [4.69, 9.17) is 16.3 Å². The van der Waals surface area contributed by atoms with Gasteiger partial charge in [0.15, 0.2) is 5.75 Å². The van der Waals surface area contributed by atoms with Crippen LogP contribution in [-0.2, 0) is 0 Å². The number of ether oxygens (including phenoxy) is 1. The Balaban J connectivity index is 2.14. The number of anilines is 1. The number of hydrogen-bond donors (Lipinski definition) is 1. The minimum absolute atomic E-state index is 0.537. The molecule has 19 heavy (non-hydrogen) atoms. The van der Waals surface area contributed by atoms with Crippen molar-refractivity contribution in [2.24, 2.45) is 5.92 Å². The third kappa shape index (κ3) is 3.79. The summed E-state index contributed by atoms with van der Waals surface area (Å²) in [5.74, 6) is 1.72. The van der Waals surface area contributed by atoms with Crippen molar-refractivity contribution < 1.29 is 4.74 Å². The minimum Gasteiger partial charge on any atom is -0.491 e. The monoisotopic (exact) mass is 345 g/mol. The Hall–Kier alpha value is -0.410. The molecule has 0 aromatic heterocycles. The second-order valence-corrected chi connectivity index (χ2v) is 6.42. The summed E-state index contributed by atoms with van der Waals surface area (Å²) in [7, 11) is 0. The van der Waals surface area contributed by atoms with Crippen molar-refractivity contribution >= 4 is 33.2 Å². The average molecular weight is 347 g/mol. The normalized spacial score (nSPS) is 22.5. The van der Waals surface area contributed by atoms with Crippen molar-refractivity contribution in [1.82, 2.24) is 0 Å². The highest BCUT2D eigenvalue weighted by atomic mass is 79.9. The molecule has 2 rings (SSSR count). The smallest absolute Gasteiger partial charge is 0.156 e. The van der Waals surface area contributed by atoms with Crippen LogP contribution >= 0.6 is 27.5 Å². The molecule has 1 N–H and O–H groups in total. The molecule has 0 radical (unpaired) electrons. The largest absolute Gasteiger partial charge is 0.491 e. The number of nitrogens with one attached hydrogen (secondary N) is 1. The fourth-order valence-corrected chi connectivity index (χ4v) is 3.68. The third-order valence-corrected chi connectivity index (χ3v) is 4.58. The standard InChI is InChI=1S/C15H21BrClNO/c1-3-10-5-6-12(7-10)18-14-9-11(17)8-13(16)15(14)19-4-2/h8-10,12,18H,3-7H2,1-2H3. The summed E-state index contributed by atoms with van der Waals surface area (Å²) >= 11 is 9.66. The van der Waals surface area contributed by atoms with Crippen LogP contribution in [-0.4, -0.2) is 12.6 Å². The number of benzene rings is 1. The van der Waals surface area contributed by atoms with Crippen LogP contribution < -0.4 is 10.1 Å². The highest BCUT2D eigenvalue weighted by Crippen LogP contribution is 2.39. The van der Waals surface area contributed by atoms with Gasteiger partial charge in [0.05, 0.1) is 16.8 Å². The first-order chi connectivity index (χ1) is 9.13. The predicted molar refractivity (Wildman–Crippen MR) is 85.4 cm³/mol. The first-order valence-corrected chi connectivity index (χ1v) is 8.19. The topological polar surface area (TPSA) is 21.3 Å². The van der Waals surface area contributed by atoms with Crippen molar-refractivity contribution in [3.63, 3.8) is 0 Å². The molecule has 2 atom stereocenters. The summed E-state index contributed by atoms with van der Waals surface area (Å²) in [5.41, 5.74) is 1.00. The van der Waals surface area contributed by atoms with Gasteiger partial charge < -0.3 is 10.1 Å². The van der Waals surface area contributed by atoms with E-state index in [0.29, 0.717) is 12.6 Å². The maximum Gasteiger partial charge on any atom is 0.156 e. The van der Waals surface area contributed by atoms with E-state index in [1.165, 1.54) is 25.7 Å². The number of rotatable bonds is 5. The predicted octanol–water partition coefficient (Wildman–Crippen LogP) is 5.49. The zero-order valence-electron chi connectivity index (χ0n) is 11.5. The quantitative estimate of drug-likeness (QED) is 0.761. The van der Waals surface area contributed by atoms with Gasteiger partial charge in [0.1, 0.15) is 0 Å². The Morgan fingerprint density at radius 3 is 2.79 bits per heavy atom. The molecule has 0 amide bonds. The Labute approximate surface area is 129 Å². The molecular formula is C15H21BrClNO. The molecule has 2 unspecified atom stereocenters. The fourth-order valence-electron chi connectivity index (χ4n) is 2.76. The highest BCUT2D eigenvalue weighted by Gasteiger charge is 2.24. The molecule has 4 heteroatoms. The second kappa shape index (κ2) is 6.85. The summed E-state index contributed by atoms with van der Waals surface area (Å²) < 4.78 is 6.63. The molecular weight excluding hydrogens is 326 g/mol. The van der Waals surface area contributed by atoms with E-state index in [-0.39, 0.29) is 0 Å². The zero-order valence-corrected chi connectivity index (χ0v) is 13.9. The lowest BCUT2D eigenvalue weighted by Crippen LogP contribution is -2.16. The zero-order chi connectivity index (χ0) is 13.8. The summed E-state index contributed by atoms with van der Waals surface area (Å²) in [6.07, 6.45) is 5.07. The van der Waals surface area contributed by atoms with Crippen LogP contribution in [0, 0.1) is 5.92 Å². The van der Waals surface area contributed by atoms with E-state index in [1.54, 1.807) is 0 Å². The van der Waals surface area contributed by atoms with E-state index < -0.39 is 0 Å². The number of hydrogen-bond acceptors (Lipinski definition) is 2. The fraction of sp³-hybridized carbons (Fsp3) is 0.600. The van der Waals surface area contributed by atoms with E-state index in [0.717, 1.165) is 26.9 Å². The maximum atomic E-state index is 6.14. The van der Waals surface area contributed by atoms with Crippen LogP contribution in [0.4, 0.5) is 5.69 Å². The first-order valence-electron chi connectivity index (χ1n) is 7.02. The molecule has 0 aliphatic heterocycles. The van der Waals surface area contributed by atoms with E-state index in [1.807, 2.05) is 19.1 Å². The highest BCUT2D eigenvalue weighted by molar-refractivity contribution is 9.10. The molecule has 1 aliphatic carbocycles. The molecule has 2 nitrogen and oxygen atoms in total. The summed E-state index contributed by atoms with van der Waals surface area (Å²) in [6.45, 7) is 4.92. The molecule has 1 aromatic carbocycles. The molecule has 0 bridgehead atoms. The van der Waals surface area contributed by atoms with Gasteiger partial charge in [-0.1, -0.05) is 24.9 Å². The first kappa shape index (κ1) is 15.0. The van der Waals surface area contributed by atoms with Crippen LogP contribution in [0.15, 0.2) is 16.6 Å². The van der Waals surface area contributed by atoms with Crippen molar-refractivity contribution in [2.75, 3.05) is 11.9 Å². The Kier molecular flexibility index (Phi) is 5.40. The lowest BCUT2D eigenvalue weighted by atomic mass is 10.1. The van der Waals surface area contributed by atoms with Gasteiger partial charge in [-0.05, 0) is 60.2 Å². The van der Waals surface area contributed by atoms with Crippen LogP contribution in [0.3, 0.4) is 0 Å². The maximum absolute atomic E-state index is 6.14. The molecule has 1 aromatic rings. The SMILES string of the molecule is CCOc1c(Br)cc(Cl)cc1NC1CCC(CC)C1. The van der Waals surface area contributed by atoms with Gasteiger partial charge in [0, 0.05) is 11.1 Å². The van der Waals surface area contributed by atoms with Gasteiger partial charge in [-0.25, -0.2) is 0 Å².